The van der Waals surface area contributed by atoms with Gasteiger partial charge in [-0.05, 0) is 42.8 Å². The van der Waals surface area contributed by atoms with Gasteiger partial charge in [-0.2, -0.15) is 0 Å². The van der Waals surface area contributed by atoms with Gasteiger partial charge in [0.15, 0.2) is 0 Å². The summed E-state index contributed by atoms with van der Waals surface area (Å²) in [4.78, 5) is 12.0. The first-order valence-corrected chi connectivity index (χ1v) is 8.02. The van der Waals surface area contributed by atoms with Crippen molar-refractivity contribution in [3.63, 3.8) is 0 Å². The average molecular weight is 318 g/mol. The number of ether oxygens (including phenoxy) is 1. The molecule has 0 bridgehead atoms. The third-order valence-corrected chi connectivity index (χ3v) is 3.91. The molecule has 0 unspecified atom stereocenters. The maximum atomic E-state index is 5.79. The number of nitrogens with one attached hydrogen (secondary N) is 1. The minimum absolute atomic E-state index is 0.683. The van der Waals surface area contributed by atoms with Gasteiger partial charge in [-0.1, -0.05) is 12.1 Å². The van der Waals surface area contributed by atoms with Crippen molar-refractivity contribution in [3.05, 3.63) is 67.3 Å². The van der Waals surface area contributed by atoms with Crippen LogP contribution in [0.1, 0.15) is 6.42 Å². The van der Waals surface area contributed by atoms with E-state index in [2.05, 4.69) is 15.0 Å². The van der Waals surface area contributed by atoms with Crippen molar-refractivity contribution < 1.29 is 4.74 Å². The summed E-state index contributed by atoms with van der Waals surface area (Å²) in [6, 6.07) is 16.1. The van der Waals surface area contributed by atoms with Crippen LogP contribution in [0.5, 0.6) is 5.75 Å². The average Bonchev–Trinajstić information content (AvgIpc) is 3.28. The van der Waals surface area contributed by atoms with E-state index in [4.69, 9.17) is 4.74 Å². The summed E-state index contributed by atoms with van der Waals surface area (Å²) in [6.45, 7) is 1.60. The standard InChI is InChI=1S/C19H18N4O/c1-2-5-18-17(4-1)21-19(22-18)15-6-8-16(9-7-15)24-13-3-11-23-12-10-20-14-23/h1-2,4-10,12,14H,3,11,13H2,(H,21,22). The molecule has 0 fully saturated rings. The molecule has 4 rings (SSSR count). The van der Waals surface area contributed by atoms with Crippen LogP contribution in [0.4, 0.5) is 0 Å². The van der Waals surface area contributed by atoms with Gasteiger partial charge in [0.05, 0.1) is 24.0 Å². The minimum Gasteiger partial charge on any atom is -0.494 e. The lowest BCUT2D eigenvalue weighted by molar-refractivity contribution is 0.302. The predicted molar refractivity (Wildman–Crippen MR) is 93.9 cm³/mol. The highest BCUT2D eigenvalue weighted by Gasteiger charge is 2.05. The third kappa shape index (κ3) is 3.15. The molecule has 24 heavy (non-hydrogen) atoms. The van der Waals surface area contributed by atoms with E-state index in [-0.39, 0.29) is 0 Å². The molecule has 2 aromatic carbocycles. The number of aromatic amines is 1. The molecule has 0 aliphatic heterocycles. The minimum atomic E-state index is 0.683. The number of imidazole rings is 2. The first-order valence-electron chi connectivity index (χ1n) is 8.02. The Hall–Kier alpha value is -3.08. The lowest BCUT2D eigenvalue weighted by atomic mass is 10.2. The second-order valence-electron chi connectivity index (χ2n) is 5.63. The molecule has 2 aromatic heterocycles. The maximum absolute atomic E-state index is 5.79. The van der Waals surface area contributed by atoms with E-state index in [1.165, 1.54) is 0 Å². The second-order valence-corrected chi connectivity index (χ2v) is 5.63. The third-order valence-electron chi connectivity index (χ3n) is 3.91. The van der Waals surface area contributed by atoms with Crippen molar-refractivity contribution >= 4 is 11.0 Å². The smallest absolute Gasteiger partial charge is 0.138 e. The Morgan fingerprint density at radius 1 is 1.04 bits per heavy atom. The van der Waals surface area contributed by atoms with E-state index < -0.39 is 0 Å². The molecule has 0 atom stereocenters. The summed E-state index contributed by atoms with van der Waals surface area (Å²) in [5, 5.41) is 0. The molecule has 0 spiro atoms. The molecule has 0 aliphatic carbocycles. The van der Waals surface area contributed by atoms with Crippen molar-refractivity contribution in [3.8, 4) is 17.1 Å². The summed E-state index contributed by atoms with van der Waals surface area (Å²) in [7, 11) is 0. The summed E-state index contributed by atoms with van der Waals surface area (Å²) in [5.41, 5.74) is 3.08. The SMILES string of the molecule is c1ccc2[nH]c(-c3ccc(OCCCn4ccnc4)cc3)nc2c1. The van der Waals surface area contributed by atoms with Crippen molar-refractivity contribution in [1.29, 1.82) is 0 Å². The predicted octanol–water partition coefficient (Wildman–Crippen LogP) is 3.90. The van der Waals surface area contributed by atoms with E-state index in [0.717, 1.165) is 41.1 Å². The number of H-pyrrole nitrogens is 1. The number of aromatic nitrogens is 4. The van der Waals surface area contributed by atoms with Crippen molar-refractivity contribution in [2.75, 3.05) is 6.61 Å². The molecular formula is C19H18N4O. The zero-order valence-electron chi connectivity index (χ0n) is 13.2. The molecule has 0 radical (unpaired) electrons. The number of para-hydroxylation sites is 2. The Morgan fingerprint density at radius 3 is 2.71 bits per heavy atom. The van der Waals surface area contributed by atoms with Gasteiger partial charge in [0.1, 0.15) is 11.6 Å². The molecule has 5 heteroatoms. The van der Waals surface area contributed by atoms with Gasteiger partial charge in [0.2, 0.25) is 0 Å². The van der Waals surface area contributed by atoms with Crippen LogP contribution in [-0.4, -0.2) is 26.1 Å². The fraction of sp³-hybridized carbons (Fsp3) is 0.158. The van der Waals surface area contributed by atoms with Crippen LogP contribution in [0.2, 0.25) is 0 Å². The van der Waals surface area contributed by atoms with E-state index in [1.807, 2.05) is 65.6 Å². The fourth-order valence-electron chi connectivity index (χ4n) is 2.65. The molecule has 1 N–H and O–H groups in total. The highest BCUT2D eigenvalue weighted by atomic mass is 16.5. The number of aryl methyl sites for hydroxylation is 1. The Labute approximate surface area is 140 Å². The quantitative estimate of drug-likeness (QED) is 0.549. The maximum Gasteiger partial charge on any atom is 0.138 e. The number of benzene rings is 2. The van der Waals surface area contributed by atoms with Crippen LogP contribution in [0.3, 0.4) is 0 Å². The Morgan fingerprint density at radius 2 is 1.92 bits per heavy atom. The number of hydrogen-bond donors (Lipinski definition) is 1. The van der Waals surface area contributed by atoms with E-state index in [1.54, 1.807) is 6.20 Å². The second kappa shape index (κ2) is 6.58. The molecule has 5 nitrogen and oxygen atoms in total. The first kappa shape index (κ1) is 14.5. The zero-order valence-corrected chi connectivity index (χ0v) is 13.2. The lowest BCUT2D eigenvalue weighted by Gasteiger charge is -2.07. The van der Waals surface area contributed by atoms with E-state index >= 15 is 0 Å². The zero-order chi connectivity index (χ0) is 16.2. The molecule has 0 amide bonds. The van der Waals surface area contributed by atoms with Gasteiger partial charge in [-0.3, -0.25) is 0 Å². The molecule has 0 aliphatic rings. The van der Waals surface area contributed by atoms with E-state index in [9.17, 15) is 0 Å². The molecular weight excluding hydrogens is 300 g/mol. The highest BCUT2D eigenvalue weighted by Crippen LogP contribution is 2.22. The molecule has 4 aromatic rings. The molecule has 2 heterocycles. The first-order chi connectivity index (χ1) is 11.9. The lowest BCUT2D eigenvalue weighted by Crippen LogP contribution is -2.02. The van der Waals surface area contributed by atoms with Gasteiger partial charge in [-0.25, -0.2) is 9.97 Å². The van der Waals surface area contributed by atoms with Crippen LogP contribution >= 0.6 is 0 Å². The van der Waals surface area contributed by atoms with Crippen molar-refractivity contribution in [1.82, 2.24) is 19.5 Å². The molecule has 120 valence electrons. The van der Waals surface area contributed by atoms with Gasteiger partial charge < -0.3 is 14.3 Å². The van der Waals surface area contributed by atoms with E-state index in [0.29, 0.717) is 6.61 Å². The summed E-state index contributed by atoms with van der Waals surface area (Å²) < 4.78 is 7.84. The number of nitrogens with zero attached hydrogens (tertiary/aromatic N) is 3. The van der Waals surface area contributed by atoms with Crippen LogP contribution in [0.15, 0.2) is 67.3 Å². The molecule has 0 saturated carbocycles. The van der Waals surface area contributed by atoms with Gasteiger partial charge in [0.25, 0.3) is 0 Å². The largest absolute Gasteiger partial charge is 0.494 e. The van der Waals surface area contributed by atoms with Gasteiger partial charge >= 0.3 is 0 Å². The Kier molecular flexibility index (Phi) is 3.98. The Bertz CT molecular complexity index is 877. The summed E-state index contributed by atoms with van der Waals surface area (Å²) in [5.74, 6) is 1.75. The Balaban J connectivity index is 1.37. The fourth-order valence-corrected chi connectivity index (χ4v) is 2.65. The van der Waals surface area contributed by atoms with Crippen LogP contribution in [0.25, 0.3) is 22.4 Å². The topological polar surface area (TPSA) is 55.7 Å². The van der Waals surface area contributed by atoms with Crippen LogP contribution < -0.4 is 4.74 Å². The monoisotopic (exact) mass is 318 g/mol. The normalized spacial score (nSPS) is 11.0. The van der Waals surface area contributed by atoms with Gasteiger partial charge in [-0.15, -0.1) is 0 Å². The number of fused-ring (bicyclic) bond motifs is 1. The molecule has 0 saturated heterocycles. The van der Waals surface area contributed by atoms with Gasteiger partial charge in [0, 0.05) is 24.5 Å². The summed E-state index contributed by atoms with van der Waals surface area (Å²) in [6.07, 6.45) is 6.52. The van der Waals surface area contributed by atoms with Crippen LogP contribution in [-0.2, 0) is 6.54 Å². The van der Waals surface area contributed by atoms with Crippen molar-refractivity contribution in [2.24, 2.45) is 0 Å². The van der Waals surface area contributed by atoms with Crippen molar-refractivity contribution in [2.45, 2.75) is 13.0 Å². The number of hydrogen-bond acceptors (Lipinski definition) is 3. The summed E-state index contributed by atoms with van der Waals surface area (Å²) >= 11 is 0. The number of rotatable bonds is 6. The van der Waals surface area contributed by atoms with Crippen LogP contribution in [0, 0.1) is 0 Å². The highest BCUT2D eigenvalue weighted by molar-refractivity contribution is 5.79.